The topological polar surface area (TPSA) is 65.2 Å². The molecule has 4 nitrogen and oxygen atoms in total. The smallest absolute Gasteiger partial charge is 0.252 e. The van der Waals surface area contributed by atoms with Gasteiger partial charge in [-0.25, -0.2) is 9.37 Å². The first kappa shape index (κ1) is 16.4. The summed E-state index contributed by atoms with van der Waals surface area (Å²) in [5.41, 5.74) is 7.07. The van der Waals surface area contributed by atoms with Crippen molar-refractivity contribution in [1.29, 1.82) is 0 Å². The molecule has 0 radical (unpaired) electrons. The van der Waals surface area contributed by atoms with Crippen LogP contribution in [0.3, 0.4) is 0 Å². The first-order chi connectivity index (χ1) is 11.5. The summed E-state index contributed by atoms with van der Waals surface area (Å²) in [6.07, 6.45) is 0. The molecule has 1 amide bonds. The van der Waals surface area contributed by atoms with Crippen molar-refractivity contribution < 1.29 is 13.9 Å². The molecule has 0 fully saturated rings. The summed E-state index contributed by atoms with van der Waals surface area (Å²) in [5.74, 6) is -0.554. The Morgan fingerprint density at radius 1 is 1.25 bits per heavy atom. The first-order valence-corrected chi connectivity index (χ1v) is 8.21. The summed E-state index contributed by atoms with van der Waals surface area (Å²) in [4.78, 5) is 15.9. The van der Waals surface area contributed by atoms with Crippen molar-refractivity contribution in [3.05, 3.63) is 69.9 Å². The second-order valence-electron chi connectivity index (χ2n) is 4.94. The molecule has 0 atom stereocenters. The normalized spacial score (nSPS) is 10.6. The van der Waals surface area contributed by atoms with E-state index >= 15 is 0 Å². The number of rotatable bonds is 5. The number of nitrogens with two attached hydrogens (primary N) is 1. The van der Waals surface area contributed by atoms with Gasteiger partial charge in [-0.1, -0.05) is 11.6 Å². The minimum absolute atomic E-state index is 0.180. The van der Waals surface area contributed by atoms with Crippen LogP contribution in [0.15, 0.2) is 47.8 Å². The Labute approximate surface area is 146 Å². The third-order valence-corrected chi connectivity index (χ3v) is 4.40. The molecule has 1 aromatic heterocycles. The van der Waals surface area contributed by atoms with Crippen LogP contribution in [0, 0.1) is 5.82 Å². The van der Waals surface area contributed by atoms with Gasteiger partial charge in [0.15, 0.2) is 0 Å². The van der Waals surface area contributed by atoms with Gasteiger partial charge in [-0.3, -0.25) is 4.79 Å². The zero-order valence-corrected chi connectivity index (χ0v) is 13.9. The van der Waals surface area contributed by atoms with Gasteiger partial charge in [0.1, 0.15) is 23.2 Å². The van der Waals surface area contributed by atoms with Gasteiger partial charge in [-0.15, -0.1) is 11.3 Å². The molecule has 122 valence electrons. The van der Waals surface area contributed by atoms with Crippen LogP contribution in [0.1, 0.15) is 16.1 Å². The predicted molar refractivity (Wildman–Crippen MR) is 91.8 cm³/mol. The molecule has 0 bridgehead atoms. The minimum atomic E-state index is -0.613. The van der Waals surface area contributed by atoms with E-state index in [0.29, 0.717) is 16.5 Å². The van der Waals surface area contributed by atoms with Crippen molar-refractivity contribution in [2.75, 3.05) is 0 Å². The molecule has 2 aromatic carbocycles. The van der Waals surface area contributed by atoms with Crippen LogP contribution in [0.4, 0.5) is 4.39 Å². The maximum atomic E-state index is 13.0. The number of aromatic nitrogens is 1. The highest BCUT2D eigenvalue weighted by Gasteiger charge is 2.12. The lowest BCUT2D eigenvalue weighted by atomic mass is 10.2. The number of carbonyl (C=O) groups is 1. The maximum Gasteiger partial charge on any atom is 0.252 e. The van der Waals surface area contributed by atoms with Crippen LogP contribution in [0.2, 0.25) is 5.02 Å². The molecule has 1 heterocycles. The minimum Gasteiger partial charge on any atom is -0.486 e. The summed E-state index contributed by atoms with van der Waals surface area (Å²) in [7, 11) is 0. The van der Waals surface area contributed by atoms with Gasteiger partial charge in [-0.2, -0.15) is 0 Å². The number of halogens is 2. The van der Waals surface area contributed by atoms with E-state index in [9.17, 15) is 9.18 Å². The number of hydrogen-bond donors (Lipinski definition) is 1. The van der Waals surface area contributed by atoms with Crippen LogP contribution >= 0.6 is 22.9 Å². The molecule has 0 saturated heterocycles. The highest BCUT2D eigenvalue weighted by atomic mass is 35.5. The molecule has 0 spiro atoms. The van der Waals surface area contributed by atoms with Gasteiger partial charge in [-0.05, 0) is 42.5 Å². The van der Waals surface area contributed by atoms with Crippen LogP contribution in [-0.2, 0) is 6.61 Å². The zero-order chi connectivity index (χ0) is 17.1. The third kappa shape index (κ3) is 3.72. The second-order valence-corrected chi connectivity index (χ2v) is 6.24. The average molecular weight is 363 g/mol. The Morgan fingerprint density at radius 3 is 2.71 bits per heavy atom. The van der Waals surface area contributed by atoms with Crippen molar-refractivity contribution in [1.82, 2.24) is 4.98 Å². The van der Waals surface area contributed by atoms with Gasteiger partial charge in [0, 0.05) is 16.0 Å². The molecular weight excluding hydrogens is 351 g/mol. The molecule has 3 rings (SSSR count). The lowest BCUT2D eigenvalue weighted by Gasteiger charge is -2.08. The summed E-state index contributed by atoms with van der Waals surface area (Å²) in [6.45, 7) is 0.180. The number of benzene rings is 2. The van der Waals surface area contributed by atoms with Crippen molar-refractivity contribution in [2.45, 2.75) is 6.61 Å². The Kier molecular flexibility index (Phi) is 4.78. The molecule has 2 N–H and O–H groups in total. The average Bonchev–Trinajstić information content (AvgIpc) is 3.03. The first-order valence-electron chi connectivity index (χ1n) is 6.95. The fourth-order valence-corrected chi connectivity index (χ4v) is 3.05. The molecule has 0 saturated carbocycles. The van der Waals surface area contributed by atoms with Crippen molar-refractivity contribution in [3.63, 3.8) is 0 Å². The van der Waals surface area contributed by atoms with E-state index in [-0.39, 0.29) is 18.0 Å². The van der Waals surface area contributed by atoms with E-state index in [2.05, 4.69) is 4.98 Å². The fourth-order valence-electron chi connectivity index (χ4n) is 2.07. The summed E-state index contributed by atoms with van der Waals surface area (Å²) in [6, 6.07) is 10.8. The van der Waals surface area contributed by atoms with E-state index in [0.717, 1.165) is 10.6 Å². The third-order valence-electron chi connectivity index (χ3n) is 3.23. The number of amides is 1. The summed E-state index contributed by atoms with van der Waals surface area (Å²) < 4.78 is 18.6. The highest BCUT2D eigenvalue weighted by molar-refractivity contribution is 7.13. The molecule has 0 unspecified atom stereocenters. The quantitative estimate of drug-likeness (QED) is 0.736. The fraction of sp³-hybridized carbons (Fsp3) is 0.0588. The Hall–Kier alpha value is -2.44. The lowest BCUT2D eigenvalue weighted by molar-refractivity contribution is 0.0996. The van der Waals surface area contributed by atoms with Crippen molar-refractivity contribution in [3.8, 4) is 16.3 Å². The number of carbonyl (C=O) groups excluding carboxylic acids is 1. The molecule has 0 aliphatic carbocycles. The molecule has 7 heteroatoms. The van der Waals surface area contributed by atoms with Crippen LogP contribution in [0.25, 0.3) is 10.6 Å². The number of primary amides is 1. The number of nitrogens with zero attached hydrogens (tertiary/aromatic N) is 1. The number of thiazole rings is 1. The molecule has 0 aliphatic rings. The van der Waals surface area contributed by atoms with Gasteiger partial charge < -0.3 is 10.5 Å². The predicted octanol–water partition coefficient (Wildman–Crippen LogP) is 4.28. The monoisotopic (exact) mass is 362 g/mol. The van der Waals surface area contributed by atoms with Crippen LogP contribution < -0.4 is 10.5 Å². The molecule has 24 heavy (non-hydrogen) atoms. The Morgan fingerprint density at radius 2 is 2.00 bits per heavy atom. The summed E-state index contributed by atoms with van der Waals surface area (Å²) >= 11 is 7.29. The van der Waals surface area contributed by atoms with Gasteiger partial charge in [0.2, 0.25) is 0 Å². The zero-order valence-electron chi connectivity index (χ0n) is 12.3. The van der Waals surface area contributed by atoms with Crippen molar-refractivity contribution >= 4 is 28.8 Å². The SMILES string of the molecule is NC(=O)c1cc(Cl)ccc1OCc1csc(-c2ccc(F)cc2)n1. The number of hydrogen-bond acceptors (Lipinski definition) is 4. The van der Waals surface area contributed by atoms with Crippen molar-refractivity contribution in [2.24, 2.45) is 5.73 Å². The van der Waals surface area contributed by atoms with E-state index in [1.165, 1.54) is 29.5 Å². The standard InChI is InChI=1S/C17H12ClFN2O2S/c18-11-3-6-15(14(7-11)16(20)22)23-8-13-9-24-17(21-13)10-1-4-12(19)5-2-10/h1-7,9H,8H2,(H2,20,22). The Bertz CT molecular complexity index is 881. The van der Waals surface area contributed by atoms with E-state index in [4.69, 9.17) is 22.1 Å². The molecule has 3 aromatic rings. The van der Waals surface area contributed by atoms with Crippen LogP contribution in [0.5, 0.6) is 5.75 Å². The molecule has 0 aliphatic heterocycles. The highest BCUT2D eigenvalue weighted by Crippen LogP contribution is 2.26. The van der Waals surface area contributed by atoms with E-state index in [1.54, 1.807) is 24.3 Å². The lowest BCUT2D eigenvalue weighted by Crippen LogP contribution is -2.13. The largest absolute Gasteiger partial charge is 0.486 e. The van der Waals surface area contributed by atoms with E-state index in [1.807, 2.05) is 5.38 Å². The van der Waals surface area contributed by atoms with Gasteiger partial charge in [0.05, 0.1) is 11.3 Å². The second kappa shape index (κ2) is 6.98. The molecular formula is C17H12ClFN2O2S. The van der Waals surface area contributed by atoms with Gasteiger partial charge in [0.25, 0.3) is 5.91 Å². The summed E-state index contributed by atoms with van der Waals surface area (Å²) in [5, 5.41) is 3.02. The maximum absolute atomic E-state index is 13.0. The van der Waals surface area contributed by atoms with Gasteiger partial charge >= 0.3 is 0 Å². The Balaban J connectivity index is 1.74. The van der Waals surface area contributed by atoms with Crippen LogP contribution in [-0.4, -0.2) is 10.9 Å². The van der Waals surface area contributed by atoms with E-state index < -0.39 is 5.91 Å². The number of ether oxygens (including phenoxy) is 1.